The van der Waals surface area contributed by atoms with Crippen molar-refractivity contribution in [1.82, 2.24) is 10.2 Å². The van der Waals surface area contributed by atoms with Gasteiger partial charge in [-0.25, -0.2) is 0 Å². The van der Waals surface area contributed by atoms with Gasteiger partial charge in [-0.05, 0) is 40.5 Å². The lowest BCUT2D eigenvalue weighted by molar-refractivity contribution is -0.0287. The van der Waals surface area contributed by atoms with Crippen LogP contribution >= 0.6 is 0 Å². The maximum atomic E-state index is 5.89. The summed E-state index contributed by atoms with van der Waals surface area (Å²) in [5.74, 6) is 0. The molecule has 1 aliphatic heterocycles. The first-order valence-electron chi connectivity index (χ1n) is 8.03. The van der Waals surface area contributed by atoms with Gasteiger partial charge in [0.1, 0.15) is 0 Å². The maximum absolute atomic E-state index is 5.89. The van der Waals surface area contributed by atoms with Crippen LogP contribution in [0.4, 0.5) is 0 Å². The summed E-state index contributed by atoms with van der Waals surface area (Å²) in [6, 6.07) is 0.635. The maximum Gasteiger partial charge on any atom is 0.0600 e. The number of ether oxygens (including phenoxy) is 1. The Morgan fingerprint density at radius 1 is 1.21 bits per heavy atom. The van der Waals surface area contributed by atoms with Crippen LogP contribution in [0.15, 0.2) is 0 Å². The van der Waals surface area contributed by atoms with Gasteiger partial charge in [-0.15, -0.1) is 0 Å². The average molecular weight is 268 g/mol. The van der Waals surface area contributed by atoms with Crippen molar-refractivity contribution in [2.45, 2.75) is 77.0 Å². The molecule has 1 atom stereocenters. The van der Waals surface area contributed by atoms with Gasteiger partial charge >= 0.3 is 0 Å². The van der Waals surface area contributed by atoms with Crippen LogP contribution in [0.2, 0.25) is 0 Å². The van der Waals surface area contributed by atoms with Gasteiger partial charge in [-0.1, -0.05) is 19.3 Å². The van der Waals surface area contributed by atoms with Gasteiger partial charge in [0.15, 0.2) is 0 Å². The van der Waals surface area contributed by atoms with Crippen LogP contribution in [0, 0.1) is 0 Å². The number of hydrogen-bond acceptors (Lipinski definition) is 3. The van der Waals surface area contributed by atoms with Crippen molar-refractivity contribution in [2.75, 3.05) is 26.2 Å². The molecule has 0 amide bonds. The van der Waals surface area contributed by atoms with Gasteiger partial charge < -0.3 is 10.1 Å². The molecule has 2 rings (SSSR count). The summed E-state index contributed by atoms with van der Waals surface area (Å²) in [6.07, 6.45) is 6.93. The summed E-state index contributed by atoms with van der Waals surface area (Å²) in [5, 5.41) is 3.84. The highest BCUT2D eigenvalue weighted by atomic mass is 16.5. The van der Waals surface area contributed by atoms with Crippen LogP contribution < -0.4 is 5.32 Å². The Hall–Kier alpha value is -0.120. The van der Waals surface area contributed by atoms with Crippen molar-refractivity contribution in [2.24, 2.45) is 0 Å². The number of nitrogens with zero attached hydrogens (tertiary/aromatic N) is 1. The molecule has 3 heteroatoms. The Labute approximate surface area is 119 Å². The van der Waals surface area contributed by atoms with Gasteiger partial charge in [0, 0.05) is 31.2 Å². The normalized spacial score (nSPS) is 28.7. The van der Waals surface area contributed by atoms with Crippen LogP contribution in [-0.2, 0) is 4.74 Å². The smallest absolute Gasteiger partial charge is 0.0600 e. The van der Waals surface area contributed by atoms with E-state index in [2.05, 4.69) is 37.9 Å². The lowest BCUT2D eigenvalue weighted by atomic mass is 9.79. The van der Waals surface area contributed by atoms with E-state index in [1.165, 1.54) is 38.6 Å². The zero-order valence-corrected chi connectivity index (χ0v) is 13.3. The van der Waals surface area contributed by atoms with E-state index < -0.39 is 0 Å². The molecular formula is C16H32N2O. The fraction of sp³-hybridized carbons (Fsp3) is 1.00. The van der Waals surface area contributed by atoms with E-state index in [0.29, 0.717) is 11.6 Å². The summed E-state index contributed by atoms with van der Waals surface area (Å²) < 4.78 is 5.89. The van der Waals surface area contributed by atoms with E-state index >= 15 is 0 Å². The summed E-state index contributed by atoms with van der Waals surface area (Å²) >= 11 is 0. The number of hydrogen-bond donors (Lipinski definition) is 1. The number of rotatable bonds is 3. The molecule has 0 aromatic heterocycles. The van der Waals surface area contributed by atoms with Crippen molar-refractivity contribution < 1.29 is 4.74 Å². The number of piperazine rings is 1. The molecule has 1 saturated carbocycles. The second-order valence-corrected chi connectivity index (χ2v) is 7.50. The first-order chi connectivity index (χ1) is 8.90. The minimum Gasteiger partial charge on any atom is -0.375 e. The first-order valence-corrected chi connectivity index (χ1v) is 8.03. The summed E-state index contributed by atoms with van der Waals surface area (Å²) in [5.41, 5.74) is 0.395. The standard InChI is InChI=1S/C16H32N2O/c1-14-12-17-16(8-6-5-7-9-16)13-18(14)10-11-19-15(2,3)4/h14,17H,5-13H2,1-4H3. The fourth-order valence-electron chi connectivity index (χ4n) is 3.43. The third-order valence-electron chi connectivity index (χ3n) is 4.63. The summed E-state index contributed by atoms with van der Waals surface area (Å²) in [6.45, 7) is 13.0. The molecule has 1 saturated heterocycles. The van der Waals surface area contributed by atoms with Crippen LogP contribution in [0.3, 0.4) is 0 Å². The monoisotopic (exact) mass is 268 g/mol. The Bertz CT molecular complexity index is 279. The quantitative estimate of drug-likeness (QED) is 0.852. The summed E-state index contributed by atoms with van der Waals surface area (Å²) in [7, 11) is 0. The van der Waals surface area contributed by atoms with Crippen molar-refractivity contribution in [3.8, 4) is 0 Å². The van der Waals surface area contributed by atoms with E-state index in [0.717, 1.165) is 19.7 Å². The Balaban J connectivity index is 1.84. The minimum absolute atomic E-state index is 0.0141. The first kappa shape index (κ1) is 15.3. The Morgan fingerprint density at radius 2 is 1.89 bits per heavy atom. The van der Waals surface area contributed by atoms with Gasteiger partial charge in [-0.3, -0.25) is 4.90 Å². The van der Waals surface area contributed by atoms with E-state index in [1.54, 1.807) is 0 Å². The Kier molecular flexibility index (Phi) is 4.91. The topological polar surface area (TPSA) is 24.5 Å². The van der Waals surface area contributed by atoms with Crippen molar-refractivity contribution in [3.63, 3.8) is 0 Å². The van der Waals surface area contributed by atoms with Crippen LogP contribution in [0.1, 0.15) is 59.8 Å². The largest absolute Gasteiger partial charge is 0.375 e. The molecule has 3 nitrogen and oxygen atoms in total. The molecule has 0 radical (unpaired) electrons. The molecule has 1 heterocycles. The van der Waals surface area contributed by atoms with Gasteiger partial charge in [0.2, 0.25) is 0 Å². The molecule has 2 fully saturated rings. The average Bonchev–Trinajstić information content (AvgIpc) is 2.34. The van der Waals surface area contributed by atoms with Crippen LogP contribution in [-0.4, -0.2) is 48.3 Å². The van der Waals surface area contributed by atoms with Crippen molar-refractivity contribution in [3.05, 3.63) is 0 Å². The van der Waals surface area contributed by atoms with Crippen molar-refractivity contribution >= 4 is 0 Å². The lowest BCUT2D eigenvalue weighted by Gasteiger charge is -2.49. The highest BCUT2D eigenvalue weighted by Crippen LogP contribution is 2.31. The second-order valence-electron chi connectivity index (χ2n) is 7.50. The molecule has 19 heavy (non-hydrogen) atoms. The molecule has 1 unspecified atom stereocenters. The lowest BCUT2D eigenvalue weighted by Crippen LogP contribution is -2.64. The molecular weight excluding hydrogens is 236 g/mol. The highest BCUT2D eigenvalue weighted by molar-refractivity contribution is 4.98. The van der Waals surface area contributed by atoms with Gasteiger partial charge in [-0.2, -0.15) is 0 Å². The zero-order valence-electron chi connectivity index (χ0n) is 13.3. The third-order valence-corrected chi connectivity index (χ3v) is 4.63. The predicted molar refractivity (Wildman–Crippen MR) is 80.6 cm³/mol. The van der Waals surface area contributed by atoms with Gasteiger partial charge in [0.25, 0.3) is 0 Å². The predicted octanol–water partition coefficient (Wildman–Crippen LogP) is 2.80. The van der Waals surface area contributed by atoms with Crippen LogP contribution in [0.25, 0.3) is 0 Å². The Morgan fingerprint density at radius 3 is 2.53 bits per heavy atom. The minimum atomic E-state index is -0.0141. The van der Waals surface area contributed by atoms with Crippen molar-refractivity contribution in [1.29, 1.82) is 0 Å². The molecule has 2 aliphatic rings. The highest BCUT2D eigenvalue weighted by Gasteiger charge is 2.38. The molecule has 0 bridgehead atoms. The SMILES string of the molecule is CC1CNC2(CCCCC2)CN1CCOC(C)(C)C. The zero-order chi connectivity index (χ0) is 13.9. The molecule has 0 aromatic rings. The fourth-order valence-corrected chi connectivity index (χ4v) is 3.43. The molecule has 1 aliphatic carbocycles. The van der Waals surface area contributed by atoms with E-state index in [9.17, 15) is 0 Å². The molecule has 0 aromatic carbocycles. The van der Waals surface area contributed by atoms with E-state index in [-0.39, 0.29) is 5.60 Å². The molecule has 1 N–H and O–H groups in total. The second kappa shape index (κ2) is 6.11. The van der Waals surface area contributed by atoms with Gasteiger partial charge in [0.05, 0.1) is 12.2 Å². The van der Waals surface area contributed by atoms with Crippen LogP contribution in [0.5, 0.6) is 0 Å². The molecule has 1 spiro atoms. The van der Waals surface area contributed by atoms with E-state index in [4.69, 9.17) is 4.74 Å². The van der Waals surface area contributed by atoms with E-state index in [1.807, 2.05) is 0 Å². The molecule has 112 valence electrons. The number of nitrogens with one attached hydrogen (secondary N) is 1. The third kappa shape index (κ3) is 4.44. The summed E-state index contributed by atoms with van der Waals surface area (Å²) in [4.78, 5) is 2.63.